The van der Waals surface area contributed by atoms with Crippen LogP contribution in [0.2, 0.25) is 0 Å². The number of carbonyl (C=O) groups is 1. The Morgan fingerprint density at radius 3 is 2.67 bits per heavy atom. The molecule has 2 unspecified atom stereocenters. The first-order chi connectivity index (χ1) is 5.61. The molecule has 2 atom stereocenters. The topological polar surface area (TPSA) is 78.2 Å². The molecule has 0 spiro atoms. The minimum atomic E-state index is -1.32. The number of nitrogens with zero attached hydrogens (tertiary/aromatic N) is 1. The maximum atomic E-state index is 11.1. The van der Waals surface area contributed by atoms with Crippen molar-refractivity contribution in [3.63, 3.8) is 0 Å². The second-order valence-corrected chi connectivity index (χ2v) is 3.99. The smallest absolute Gasteiger partial charge is 0.304 e. The van der Waals surface area contributed by atoms with Crippen LogP contribution in [0.15, 0.2) is 0 Å². The lowest BCUT2D eigenvalue weighted by atomic mass is 10.4. The van der Waals surface area contributed by atoms with Crippen LogP contribution in [0.25, 0.3) is 0 Å². The Bertz CT molecular complexity index is 221. The van der Waals surface area contributed by atoms with Gasteiger partial charge in [-0.1, -0.05) is 6.92 Å². The van der Waals surface area contributed by atoms with Gasteiger partial charge >= 0.3 is 5.97 Å². The van der Waals surface area contributed by atoms with E-state index < -0.39 is 22.0 Å². The number of nitriles is 1. The summed E-state index contributed by atoms with van der Waals surface area (Å²) in [6.07, 6.45) is 0.369. The van der Waals surface area contributed by atoms with Gasteiger partial charge in [-0.3, -0.25) is 9.00 Å². The Morgan fingerprint density at radius 2 is 2.33 bits per heavy atom. The summed E-state index contributed by atoms with van der Waals surface area (Å²) >= 11 is 0. The molecule has 12 heavy (non-hydrogen) atoms. The third-order valence-corrected chi connectivity index (χ3v) is 3.03. The number of carboxylic acid groups (broad SMARTS) is 1. The predicted octanol–water partition coefficient (Wildman–Crippen LogP) is 0.512. The molecule has 0 aliphatic heterocycles. The first-order valence-corrected chi connectivity index (χ1v) is 4.98. The van der Waals surface area contributed by atoms with Crippen LogP contribution in [-0.4, -0.2) is 26.3 Å². The van der Waals surface area contributed by atoms with Crippen LogP contribution in [0.1, 0.15) is 19.8 Å². The highest BCUT2D eigenvalue weighted by molar-refractivity contribution is 7.85. The van der Waals surface area contributed by atoms with Crippen molar-refractivity contribution in [3.05, 3.63) is 0 Å². The Balaban J connectivity index is 3.87. The fraction of sp³-hybridized carbons (Fsp3) is 0.714. The van der Waals surface area contributed by atoms with Crippen LogP contribution >= 0.6 is 0 Å². The molecule has 0 radical (unpaired) electrons. The van der Waals surface area contributed by atoms with Crippen LogP contribution in [0.5, 0.6) is 0 Å². The predicted molar refractivity (Wildman–Crippen MR) is 45.0 cm³/mol. The molecule has 0 heterocycles. The second kappa shape index (κ2) is 5.72. The summed E-state index contributed by atoms with van der Waals surface area (Å²) in [5.41, 5.74) is 0. The van der Waals surface area contributed by atoms with Gasteiger partial charge in [0.05, 0.1) is 12.5 Å². The minimum Gasteiger partial charge on any atom is -0.481 e. The van der Waals surface area contributed by atoms with E-state index in [1.165, 1.54) is 0 Å². The monoisotopic (exact) mass is 189 g/mol. The molecule has 0 rings (SSSR count). The average molecular weight is 189 g/mol. The van der Waals surface area contributed by atoms with E-state index in [9.17, 15) is 9.00 Å². The molecule has 68 valence electrons. The van der Waals surface area contributed by atoms with Crippen molar-refractivity contribution in [1.29, 1.82) is 5.26 Å². The molecule has 5 heteroatoms. The van der Waals surface area contributed by atoms with Gasteiger partial charge < -0.3 is 5.11 Å². The van der Waals surface area contributed by atoms with E-state index in [1.807, 2.05) is 6.07 Å². The average Bonchev–Trinajstić information content (AvgIpc) is 2.03. The SMILES string of the molecule is CCC(C#N)S(=O)CCC(=O)O. The second-order valence-electron chi connectivity index (χ2n) is 2.25. The first kappa shape index (κ1) is 11.1. The molecule has 0 aliphatic carbocycles. The summed E-state index contributed by atoms with van der Waals surface area (Å²) in [4.78, 5) is 10.1. The van der Waals surface area contributed by atoms with Crippen LogP contribution in [0, 0.1) is 11.3 Å². The highest BCUT2D eigenvalue weighted by Crippen LogP contribution is 2.01. The zero-order valence-electron chi connectivity index (χ0n) is 6.82. The van der Waals surface area contributed by atoms with Gasteiger partial charge in [0.2, 0.25) is 0 Å². The lowest BCUT2D eigenvalue weighted by molar-refractivity contribution is -0.136. The molecule has 0 saturated heterocycles. The number of hydrogen-bond donors (Lipinski definition) is 1. The summed E-state index contributed by atoms with van der Waals surface area (Å²) < 4.78 is 11.1. The van der Waals surface area contributed by atoms with E-state index in [4.69, 9.17) is 10.4 Å². The Hall–Kier alpha value is -0.890. The van der Waals surface area contributed by atoms with E-state index in [-0.39, 0.29) is 12.2 Å². The van der Waals surface area contributed by atoms with E-state index >= 15 is 0 Å². The maximum absolute atomic E-state index is 11.1. The molecule has 1 N–H and O–H groups in total. The van der Waals surface area contributed by atoms with E-state index in [2.05, 4.69) is 0 Å². The number of rotatable bonds is 5. The normalized spacial score (nSPS) is 14.7. The Morgan fingerprint density at radius 1 is 1.75 bits per heavy atom. The van der Waals surface area contributed by atoms with Crippen molar-refractivity contribution < 1.29 is 14.1 Å². The molecule has 0 aromatic carbocycles. The van der Waals surface area contributed by atoms with E-state index in [1.54, 1.807) is 6.92 Å². The highest BCUT2D eigenvalue weighted by Gasteiger charge is 2.14. The summed E-state index contributed by atoms with van der Waals surface area (Å²) in [5.74, 6) is -0.905. The van der Waals surface area contributed by atoms with Gasteiger partial charge in [0.15, 0.2) is 0 Å². The molecular weight excluding hydrogens is 178 g/mol. The molecule has 4 nitrogen and oxygen atoms in total. The largest absolute Gasteiger partial charge is 0.481 e. The fourth-order valence-corrected chi connectivity index (χ4v) is 1.82. The standard InChI is InChI=1S/C7H11NO3S/c1-2-6(5-8)12(11)4-3-7(9)10/h6H,2-4H2,1H3,(H,9,10). The van der Waals surface area contributed by atoms with Crippen molar-refractivity contribution in [2.45, 2.75) is 25.0 Å². The van der Waals surface area contributed by atoms with E-state index in [0.29, 0.717) is 6.42 Å². The van der Waals surface area contributed by atoms with Gasteiger partial charge in [-0.15, -0.1) is 0 Å². The minimum absolute atomic E-state index is 0.0708. The quantitative estimate of drug-likeness (QED) is 0.683. The van der Waals surface area contributed by atoms with Crippen LogP contribution in [0.3, 0.4) is 0 Å². The molecule has 0 saturated carbocycles. The molecule has 0 aliphatic rings. The summed E-state index contributed by atoms with van der Waals surface area (Å²) in [6.45, 7) is 1.76. The molecule has 0 aromatic rings. The molecule has 0 amide bonds. The molecular formula is C7H11NO3S. The maximum Gasteiger partial charge on any atom is 0.304 e. The number of carboxylic acids is 1. The van der Waals surface area contributed by atoms with Gasteiger partial charge in [-0.05, 0) is 6.42 Å². The van der Waals surface area contributed by atoms with Gasteiger partial charge in [0.25, 0.3) is 0 Å². The fourth-order valence-electron chi connectivity index (χ4n) is 0.666. The summed E-state index contributed by atoms with van der Waals surface area (Å²) in [6, 6.07) is 1.88. The third-order valence-electron chi connectivity index (χ3n) is 1.35. The van der Waals surface area contributed by atoms with Crippen molar-refractivity contribution >= 4 is 16.8 Å². The van der Waals surface area contributed by atoms with Crippen LogP contribution in [0.4, 0.5) is 0 Å². The van der Waals surface area contributed by atoms with Gasteiger partial charge in [0, 0.05) is 16.6 Å². The molecule has 0 fully saturated rings. The number of aliphatic carboxylic acids is 1. The van der Waals surface area contributed by atoms with Gasteiger partial charge in [0.1, 0.15) is 5.25 Å². The zero-order valence-corrected chi connectivity index (χ0v) is 7.63. The first-order valence-electron chi connectivity index (χ1n) is 3.60. The lowest BCUT2D eigenvalue weighted by Crippen LogP contribution is -2.16. The molecule has 0 aromatic heterocycles. The summed E-state index contributed by atoms with van der Waals surface area (Å²) in [5, 5.41) is 16.2. The summed E-state index contributed by atoms with van der Waals surface area (Å²) in [7, 11) is -1.32. The van der Waals surface area contributed by atoms with Crippen LogP contribution < -0.4 is 0 Å². The third kappa shape index (κ3) is 4.09. The zero-order chi connectivity index (χ0) is 9.56. The van der Waals surface area contributed by atoms with Crippen LogP contribution in [-0.2, 0) is 15.6 Å². The van der Waals surface area contributed by atoms with E-state index in [0.717, 1.165) is 0 Å². The van der Waals surface area contributed by atoms with Crippen molar-refractivity contribution in [1.82, 2.24) is 0 Å². The van der Waals surface area contributed by atoms with Gasteiger partial charge in [-0.2, -0.15) is 5.26 Å². The number of hydrogen-bond acceptors (Lipinski definition) is 3. The van der Waals surface area contributed by atoms with Crippen molar-refractivity contribution in [3.8, 4) is 6.07 Å². The highest BCUT2D eigenvalue weighted by atomic mass is 32.2. The Labute approximate surface area is 73.7 Å². The van der Waals surface area contributed by atoms with Crippen molar-refractivity contribution in [2.75, 3.05) is 5.75 Å². The lowest BCUT2D eigenvalue weighted by Gasteiger charge is -2.03. The molecule has 0 bridgehead atoms. The Kier molecular flexibility index (Phi) is 5.30. The van der Waals surface area contributed by atoms with Gasteiger partial charge in [-0.25, -0.2) is 0 Å². The van der Waals surface area contributed by atoms with Crippen molar-refractivity contribution in [2.24, 2.45) is 0 Å².